The van der Waals surface area contributed by atoms with Crippen LogP contribution in [0.25, 0.3) is 5.65 Å². The summed E-state index contributed by atoms with van der Waals surface area (Å²) >= 11 is 0. The molecule has 8 heteroatoms. The summed E-state index contributed by atoms with van der Waals surface area (Å²) < 4.78 is 1.92. The first-order chi connectivity index (χ1) is 11.5. The number of nitro groups is 1. The van der Waals surface area contributed by atoms with Crippen molar-refractivity contribution in [3.8, 4) is 5.75 Å². The lowest BCUT2D eigenvalue weighted by molar-refractivity contribution is -0.385. The van der Waals surface area contributed by atoms with Crippen LogP contribution in [-0.2, 0) is 6.54 Å². The van der Waals surface area contributed by atoms with Gasteiger partial charge < -0.3 is 14.8 Å². The van der Waals surface area contributed by atoms with Crippen LogP contribution in [0.5, 0.6) is 5.75 Å². The molecular formula is C16H14N4O4. The van der Waals surface area contributed by atoms with Crippen LogP contribution in [0.4, 0.5) is 5.69 Å². The van der Waals surface area contributed by atoms with Crippen LogP contribution in [0.15, 0.2) is 42.6 Å². The van der Waals surface area contributed by atoms with E-state index in [0.717, 1.165) is 23.5 Å². The lowest BCUT2D eigenvalue weighted by Crippen LogP contribution is -2.22. The minimum Gasteiger partial charge on any atom is -0.502 e. The van der Waals surface area contributed by atoms with Crippen LogP contribution in [0.1, 0.15) is 21.7 Å². The van der Waals surface area contributed by atoms with Crippen molar-refractivity contribution in [2.75, 3.05) is 0 Å². The Kier molecular flexibility index (Phi) is 3.87. The molecule has 1 amide bonds. The van der Waals surface area contributed by atoms with E-state index in [-0.39, 0.29) is 12.1 Å². The number of rotatable bonds is 4. The van der Waals surface area contributed by atoms with Crippen LogP contribution in [-0.4, -0.2) is 25.3 Å². The Morgan fingerprint density at radius 2 is 2.17 bits per heavy atom. The van der Waals surface area contributed by atoms with Gasteiger partial charge >= 0.3 is 5.69 Å². The smallest absolute Gasteiger partial charge is 0.310 e. The van der Waals surface area contributed by atoms with Gasteiger partial charge in [-0.2, -0.15) is 0 Å². The highest BCUT2D eigenvalue weighted by molar-refractivity contribution is 5.94. The van der Waals surface area contributed by atoms with Crippen molar-refractivity contribution in [3.05, 3.63) is 69.7 Å². The van der Waals surface area contributed by atoms with Crippen LogP contribution < -0.4 is 5.32 Å². The first kappa shape index (κ1) is 15.5. The van der Waals surface area contributed by atoms with Gasteiger partial charge in [0.2, 0.25) is 0 Å². The standard InChI is InChI=1S/C16H14N4O4/c1-10-3-2-4-15-18-12(9-19(10)15)8-17-16(22)11-5-6-13(20(23)24)14(21)7-11/h2-7,9,21H,8H2,1H3,(H,17,22). The van der Waals surface area contributed by atoms with Crippen molar-refractivity contribution >= 4 is 17.2 Å². The van der Waals surface area contributed by atoms with Crippen LogP contribution in [0.3, 0.4) is 0 Å². The van der Waals surface area contributed by atoms with Crippen molar-refractivity contribution in [2.45, 2.75) is 13.5 Å². The molecule has 0 fully saturated rings. The highest BCUT2D eigenvalue weighted by atomic mass is 16.6. The number of imidazole rings is 1. The molecule has 122 valence electrons. The number of hydrogen-bond acceptors (Lipinski definition) is 5. The first-order valence-electron chi connectivity index (χ1n) is 7.15. The molecule has 1 aromatic carbocycles. The summed E-state index contributed by atoms with van der Waals surface area (Å²) in [6, 6.07) is 9.18. The molecule has 0 unspecified atom stereocenters. The molecule has 0 saturated heterocycles. The molecule has 3 rings (SSSR count). The normalized spacial score (nSPS) is 10.7. The van der Waals surface area contributed by atoms with E-state index in [9.17, 15) is 20.0 Å². The van der Waals surface area contributed by atoms with E-state index in [1.54, 1.807) is 0 Å². The van der Waals surface area contributed by atoms with Crippen LogP contribution >= 0.6 is 0 Å². The van der Waals surface area contributed by atoms with Gasteiger partial charge in [0.15, 0.2) is 5.75 Å². The maximum Gasteiger partial charge on any atom is 0.310 e. The van der Waals surface area contributed by atoms with Crippen molar-refractivity contribution < 1.29 is 14.8 Å². The van der Waals surface area contributed by atoms with Gasteiger partial charge in [0, 0.05) is 23.5 Å². The van der Waals surface area contributed by atoms with E-state index in [2.05, 4.69) is 10.3 Å². The third-order valence-electron chi connectivity index (χ3n) is 3.61. The second kappa shape index (κ2) is 5.99. The fraction of sp³-hybridized carbons (Fsp3) is 0.125. The zero-order chi connectivity index (χ0) is 17.3. The molecule has 24 heavy (non-hydrogen) atoms. The number of aromatic nitrogens is 2. The number of phenols is 1. The number of fused-ring (bicyclic) bond motifs is 1. The molecule has 0 radical (unpaired) electrons. The number of hydrogen-bond donors (Lipinski definition) is 2. The maximum atomic E-state index is 12.1. The molecule has 2 N–H and O–H groups in total. The Morgan fingerprint density at radius 3 is 2.83 bits per heavy atom. The zero-order valence-electron chi connectivity index (χ0n) is 12.8. The van der Waals surface area contributed by atoms with Crippen molar-refractivity contribution in [3.63, 3.8) is 0 Å². The Balaban J connectivity index is 1.74. The molecule has 8 nitrogen and oxygen atoms in total. The molecule has 2 aromatic heterocycles. The lowest BCUT2D eigenvalue weighted by atomic mass is 10.2. The number of carbonyl (C=O) groups excluding carboxylic acids is 1. The summed E-state index contributed by atoms with van der Waals surface area (Å²) in [5.74, 6) is -0.995. The molecule has 0 atom stereocenters. The number of nitrogens with zero attached hydrogens (tertiary/aromatic N) is 3. The van der Waals surface area contributed by atoms with E-state index in [1.807, 2.05) is 35.7 Å². The van der Waals surface area contributed by atoms with Crippen LogP contribution in [0.2, 0.25) is 0 Å². The fourth-order valence-electron chi connectivity index (χ4n) is 2.38. The summed E-state index contributed by atoms with van der Waals surface area (Å²) in [6.07, 6.45) is 1.83. The number of carbonyl (C=O) groups is 1. The minimum absolute atomic E-state index is 0.137. The number of amides is 1. The predicted octanol–water partition coefficient (Wildman–Crippen LogP) is 2.19. The third-order valence-corrected chi connectivity index (χ3v) is 3.61. The first-order valence-corrected chi connectivity index (χ1v) is 7.15. The molecule has 0 aliphatic rings. The van der Waals surface area contributed by atoms with Crippen molar-refractivity contribution in [1.82, 2.24) is 14.7 Å². The number of phenolic OH excluding ortho intramolecular Hbond substituents is 1. The second-order valence-electron chi connectivity index (χ2n) is 5.27. The van der Waals surface area contributed by atoms with Gasteiger partial charge in [0.1, 0.15) is 5.65 Å². The van der Waals surface area contributed by atoms with Crippen LogP contribution in [0, 0.1) is 17.0 Å². The Hall–Kier alpha value is -3.42. The van der Waals surface area contributed by atoms with E-state index in [1.165, 1.54) is 6.07 Å². The van der Waals surface area contributed by atoms with E-state index in [0.29, 0.717) is 5.69 Å². The molecule has 2 heterocycles. The summed E-state index contributed by atoms with van der Waals surface area (Å²) in [4.78, 5) is 26.5. The molecule has 0 aliphatic heterocycles. The molecule has 0 spiro atoms. The van der Waals surface area contributed by atoms with E-state index in [4.69, 9.17) is 0 Å². The highest BCUT2D eigenvalue weighted by Gasteiger charge is 2.16. The lowest BCUT2D eigenvalue weighted by Gasteiger charge is -2.04. The van der Waals surface area contributed by atoms with Gasteiger partial charge in [0.25, 0.3) is 5.91 Å². The Labute approximate surface area is 136 Å². The number of nitro benzene ring substituents is 1. The Bertz CT molecular complexity index is 948. The monoisotopic (exact) mass is 326 g/mol. The molecule has 0 bridgehead atoms. The van der Waals surface area contributed by atoms with Crippen molar-refractivity contribution in [1.29, 1.82) is 0 Å². The van der Waals surface area contributed by atoms with Gasteiger partial charge in [-0.05, 0) is 31.2 Å². The topological polar surface area (TPSA) is 110 Å². The second-order valence-corrected chi connectivity index (χ2v) is 5.27. The molecule has 0 saturated carbocycles. The van der Waals surface area contributed by atoms with Gasteiger partial charge in [-0.25, -0.2) is 4.98 Å². The third kappa shape index (κ3) is 2.89. The highest BCUT2D eigenvalue weighted by Crippen LogP contribution is 2.26. The Morgan fingerprint density at radius 1 is 1.38 bits per heavy atom. The van der Waals surface area contributed by atoms with E-state index < -0.39 is 22.3 Å². The summed E-state index contributed by atoms with van der Waals surface area (Å²) in [5, 5.41) is 22.9. The molecule has 0 aliphatic carbocycles. The molecule has 3 aromatic rings. The zero-order valence-corrected chi connectivity index (χ0v) is 12.8. The fourth-order valence-corrected chi connectivity index (χ4v) is 2.38. The van der Waals surface area contributed by atoms with Gasteiger partial charge in [0.05, 0.1) is 17.2 Å². The largest absolute Gasteiger partial charge is 0.502 e. The quantitative estimate of drug-likeness (QED) is 0.564. The average Bonchev–Trinajstić information content (AvgIpc) is 2.96. The average molecular weight is 326 g/mol. The van der Waals surface area contributed by atoms with Gasteiger partial charge in [-0.15, -0.1) is 0 Å². The van der Waals surface area contributed by atoms with Crippen molar-refractivity contribution in [2.24, 2.45) is 0 Å². The number of aromatic hydroxyl groups is 1. The molecular weight excluding hydrogens is 312 g/mol. The number of aryl methyl sites for hydroxylation is 1. The van der Waals surface area contributed by atoms with Gasteiger partial charge in [-0.3, -0.25) is 14.9 Å². The number of benzene rings is 1. The predicted molar refractivity (Wildman–Crippen MR) is 85.9 cm³/mol. The maximum absolute atomic E-state index is 12.1. The minimum atomic E-state index is -0.712. The van der Waals surface area contributed by atoms with Gasteiger partial charge in [-0.1, -0.05) is 6.07 Å². The summed E-state index contributed by atoms with van der Waals surface area (Å²) in [7, 11) is 0. The summed E-state index contributed by atoms with van der Waals surface area (Å²) in [6.45, 7) is 2.16. The number of nitrogens with one attached hydrogen (secondary N) is 1. The SMILES string of the molecule is Cc1cccc2nc(CNC(=O)c3ccc([N+](=O)[O-])c(O)c3)cn12. The van der Waals surface area contributed by atoms with E-state index >= 15 is 0 Å². The number of pyridine rings is 1. The summed E-state index contributed by atoms with van der Waals surface area (Å²) in [5.41, 5.74) is 2.19.